The highest BCUT2D eigenvalue weighted by atomic mass is 19.1. The minimum Gasteiger partial charge on any atom is -0.352 e. The minimum absolute atomic E-state index is 0.0204. The second-order valence-electron chi connectivity index (χ2n) is 9.05. The highest BCUT2D eigenvalue weighted by molar-refractivity contribution is 5.79. The topological polar surface area (TPSA) is 65.2 Å². The molecule has 2 fully saturated rings. The molecule has 0 aliphatic carbocycles. The zero-order chi connectivity index (χ0) is 22.8. The summed E-state index contributed by atoms with van der Waals surface area (Å²) in [6, 6.07) is 24.9. The van der Waals surface area contributed by atoms with Gasteiger partial charge < -0.3 is 5.32 Å². The van der Waals surface area contributed by atoms with E-state index in [-0.39, 0.29) is 41.8 Å². The van der Waals surface area contributed by atoms with Crippen LogP contribution in [0.4, 0.5) is 4.39 Å². The first-order valence-electron chi connectivity index (χ1n) is 11.5. The lowest BCUT2D eigenvalue weighted by atomic mass is 9.74. The van der Waals surface area contributed by atoms with Crippen molar-refractivity contribution in [1.29, 1.82) is 0 Å². The Labute approximate surface area is 193 Å². The van der Waals surface area contributed by atoms with E-state index in [1.165, 1.54) is 23.3 Å². The number of piperidine rings is 1. The van der Waals surface area contributed by atoms with Gasteiger partial charge in [-0.3, -0.25) is 10.1 Å². The zero-order valence-corrected chi connectivity index (χ0v) is 18.6. The van der Waals surface area contributed by atoms with E-state index < -0.39 is 0 Å². The van der Waals surface area contributed by atoms with E-state index in [0.29, 0.717) is 13.0 Å². The van der Waals surface area contributed by atoms with Gasteiger partial charge in [0.05, 0.1) is 12.2 Å². The van der Waals surface area contributed by atoms with Gasteiger partial charge in [0.25, 0.3) is 0 Å². The number of hydrogen-bond acceptors (Lipinski definition) is 4. The Balaban J connectivity index is 1.41. The van der Waals surface area contributed by atoms with Gasteiger partial charge in [-0.1, -0.05) is 72.3 Å². The van der Waals surface area contributed by atoms with Crippen LogP contribution < -0.4 is 21.5 Å². The molecule has 0 spiro atoms. The predicted octanol–water partition coefficient (Wildman–Crippen LogP) is 3.89. The molecular formula is C27H29FN4O. The molecular weight excluding hydrogens is 415 g/mol. The highest BCUT2D eigenvalue weighted by Crippen LogP contribution is 2.42. The van der Waals surface area contributed by atoms with Crippen molar-refractivity contribution in [2.24, 2.45) is 11.8 Å². The normalized spacial score (nSPS) is 26.5. The molecule has 0 bridgehead atoms. The molecule has 0 radical (unpaired) electrons. The maximum absolute atomic E-state index is 13.5. The van der Waals surface area contributed by atoms with E-state index in [1.807, 2.05) is 30.3 Å². The van der Waals surface area contributed by atoms with E-state index in [4.69, 9.17) is 0 Å². The van der Waals surface area contributed by atoms with Crippen molar-refractivity contribution in [1.82, 2.24) is 21.5 Å². The van der Waals surface area contributed by atoms with Crippen molar-refractivity contribution in [2.45, 2.75) is 38.1 Å². The summed E-state index contributed by atoms with van der Waals surface area (Å²) in [7, 11) is 0. The van der Waals surface area contributed by atoms with Gasteiger partial charge >= 0.3 is 0 Å². The molecule has 2 heterocycles. The Morgan fingerprint density at radius 2 is 1.64 bits per heavy atom. The fourth-order valence-corrected chi connectivity index (χ4v) is 5.08. The quantitative estimate of drug-likeness (QED) is 0.482. The van der Waals surface area contributed by atoms with Gasteiger partial charge in [-0.25, -0.2) is 15.2 Å². The van der Waals surface area contributed by atoms with Crippen molar-refractivity contribution >= 4 is 5.91 Å². The molecule has 2 aliphatic rings. The summed E-state index contributed by atoms with van der Waals surface area (Å²) in [5.74, 6) is -0.457. The molecule has 33 heavy (non-hydrogen) atoms. The van der Waals surface area contributed by atoms with Gasteiger partial charge in [0.2, 0.25) is 5.91 Å². The van der Waals surface area contributed by atoms with Crippen molar-refractivity contribution in [3.8, 4) is 0 Å². The fourth-order valence-electron chi connectivity index (χ4n) is 5.08. The average molecular weight is 445 g/mol. The van der Waals surface area contributed by atoms with E-state index in [0.717, 1.165) is 11.1 Å². The van der Waals surface area contributed by atoms with Gasteiger partial charge in [-0.15, -0.1) is 0 Å². The van der Waals surface area contributed by atoms with Crippen LogP contribution in [0.1, 0.15) is 40.8 Å². The van der Waals surface area contributed by atoms with Crippen LogP contribution in [-0.4, -0.2) is 12.1 Å². The van der Waals surface area contributed by atoms with Crippen molar-refractivity contribution < 1.29 is 9.18 Å². The predicted molar refractivity (Wildman–Crippen MR) is 126 cm³/mol. The van der Waals surface area contributed by atoms with Crippen LogP contribution in [0.25, 0.3) is 0 Å². The summed E-state index contributed by atoms with van der Waals surface area (Å²) in [4.78, 5) is 13.5. The molecule has 5 unspecified atom stereocenters. The summed E-state index contributed by atoms with van der Waals surface area (Å²) in [5, 5.41) is 6.85. The van der Waals surface area contributed by atoms with Crippen LogP contribution in [0.3, 0.4) is 0 Å². The first-order valence-corrected chi connectivity index (χ1v) is 11.5. The van der Waals surface area contributed by atoms with Gasteiger partial charge in [0.1, 0.15) is 5.82 Å². The van der Waals surface area contributed by atoms with Crippen molar-refractivity contribution in [2.75, 3.05) is 0 Å². The number of benzene rings is 3. The Bertz CT molecular complexity index is 1090. The molecule has 0 aromatic heterocycles. The number of rotatable bonds is 5. The maximum Gasteiger partial charge on any atom is 0.223 e. The van der Waals surface area contributed by atoms with Gasteiger partial charge in [0.15, 0.2) is 0 Å². The number of hydrazine groups is 1. The van der Waals surface area contributed by atoms with Crippen LogP contribution in [-0.2, 0) is 11.3 Å². The molecule has 1 amide bonds. The number of amides is 1. The zero-order valence-electron chi connectivity index (χ0n) is 18.6. The molecule has 0 saturated carbocycles. The largest absolute Gasteiger partial charge is 0.352 e. The van der Waals surface area contributed by atoms with E-state index >= 15 is 0 Å². The third-order valence-electron chi connectivity index (χ3n) is 6.85. The standard InChI is InChI=1S/C27H29FN4O/c1-17-7-9-19(10-8-17)23-15-22(27(33)29-16-18-5-3-2-4-6-18)24-25(31-32-26(24)30-23)20-11-13-21(28)14-12-20/h2-14,22-26,30-32H,15-16H2,1H3,(H,29,33). The monoisotopic (exact) mass is 444 g/mol. The van der Waals surface area contributed by atoms with Crippen LogP contribution in [0, 0.1) is 24.6 Å². The van der Waals surface area contributed by atoms with Crippen molar-refractivity contribution in [3.05, 3.63) is 107 Å². The smallest absolute Gasteiger partial charge is 0.223 e. The Morgan fingerprint density at radius 1 is 0.939 bits per heavy atom. The van der Waals surface area contributed by atoms with Gasteiger partial charge in [-0.05, 0) is 42.2 Å². The summed E-state index contributed by atoms with van der Waals surface area (Å²) in [6.45, 7) is 2.57. The number of hydrogen-bond donors (Lipinski definition) is 4. The molecule has 3 aromatic carbocycles. The minimum atomic E-state index is -0.264. The Hall–Kier alpha value is -3.06. The molecule has 3 aromatic rings. The lowest BCUT2D eigenvalue weighted by molar-refractivity contribution is -0.129. The highest BCUT2D eigenvalue weighted by Gasteiger charge is 2.49. The molecule has 4 N–H and O–H groups in total. The van der Waals surface area contributed by atoms with E-state index in [2.05, 4.69) is 52.7 Å². The van der Waals surface area contributed by atoms with Crippen LogP contribution >= 0.6 is 0 Å². The lowest BCUT2D eigenvalue weighted by Gasteiger charge is -2.40. The fraction of sp³-hybridized carbons (Fsp3) is 0.296. The number of fused-ring (bicyclic) bond motifs is 1. The molecule has 5 atom stereocenters. The summed E-state index contributed by atoms with van der Waals surface area (Å²) >= 11 is 0. The third-order valence-corrected chi connectivity index (χ3v) is 6.85. The van der Waals surface area contributed by atoms with E-state index in [1.54, 1.807) is 12.1 Å². The lowest BCUT2D eigenvalue weighted by Crippen LogP contribution is -2.54. The summed E-state index contributed by atoms with van der Waals surface area (Å²) in [5.41, 5.74) is 11.1. The molecule has 6 heteroatoms. The van der Waals surface area contributed by atoms with Crippen LogP contribution in [0.2, 0.25) is 0 Å². The van der Waals surface area contributed by atoms with Gasteiger partial charge in [-0.2, -0.15) is 0 Å². The maximum atomic E-state index is 13.5. The second-order valence-corrected chi connectivity index (χ2v) is 9.05. The molecule has 170 valence electrons. The second kappa shape index (κ2) is 9.43. The number of halogens is 1. The third kappa shape index (κ3) is 4.69. The molecule has 5 nitrogen and oxygen atoms in total. The first kappa shape index (κ1) is 21.8. The number of carbonyl (C=O) groups is 1. The van der Waals surface area contributed by atoms with E-state index in [9.17, 15) is 9.18 Å². The number of aryl methyl sites for hydroxylation is 1. The summed E-state index contributed by atoms with van der Waals surface area (Å²) < 4.78 is 13.5. The summed E-state index contributed by atoms with van der Waals surface area (Å²) in [6.07, 6.45) is 0.596. The van der Waals surface area contributed by atoms with Gasteiger partial charge in [0, 0.05) is 24.4 Å². The Morgan fingerprint density at radius 3 is 2.36 bits per heavy atom. The number of nitrogens with one attached hydrogen (secondary N) is 4. The Kier molecular flexibility index (Phi) is 6.22. The van der Waals surface area contributed by atoms with Crippen molar-refractivity contribution in [3.63, 3.8) is 0 Å². The SMILES string of the molecule is Cc1ccc(C2CC(C(=O)NCc3ccccc3)C3C(NNC3c3ccc(F)cc3)N2)cc1. The average Bonchev–Trinajstić information content (AvgIpc) is 3.27. The van der Waals surface area contributed by atoms with Crippen LogP contribution in [0.5, 0.6) is 0 Å². The molecule has 5 rings (SSSR count). The van der Waals surface area contributed by atoms with Crippen LogP contribution in [0.15, 0.2) is 78.9 Å². The molecule has 2 aliphatic heterocycles. The number of carbonyl (C=O) groups excluding carboxylic acids is 1. The molecule has 2 saturated heterocycles. The first-order chi connectivity index (χ1) is 16.1.